The van der Waals surface area contributed by atoms with Crippen LogP contribution in [0.5, 0.6) is 5.75 Å². The number of phenolic OH excluding ortho intramolecular Hbond substituents is 1. The lowest BCUT2D eigenvalue weighted by Gasteiger charge is -2.03. The fraction of sp³-hybridized carbons (Fsp3) is 0. The first-order valence-corrected chi connectivity index (χ1v) is 9.60. The van der Waals surface area contributed by atoms with Crippen molar-refractivity contribution in [3.8, 4) is 39.7 Å². The van der Waals surface area contributed by atoms with Gasteiger partial charge in [0.2, 0.25) is 0 Å². The molecule has 0 amide bonds. The van der Waals surface area contributed by atoms with Crippen LogP contribution in [0.4, 0.5) is 4.39 Å². The molecule has 0 unspecified atom stereocenters. The van der Waals surface area contributed by atoms with Crippen molar-refractivity contribution in [2.24, 2.45) is 0 Å². The molecule has 9 nitrogen and oxygen atoms in total. The number of nitrogens with zero attached hydrogens (tertiary/aromatic N) is 6. The maximum absolute atomic E-state index is 13.9. The van der Waals surface area contributed by atoms with Crippen molar-refractivity contribution in [3.05, 3.63) is 67.3 Å². The zero-order valence-corrected chi connectivity index (χ0v) is 16.3. The van der Waals surface area contributed by atoms with Crippen LogP contribution in [0.25, 0.3) is 56.0 Å². The minimum atomic E-state index is -0.538. The summed E-state index contributed by atoms with van der Waals surface area (Å²) in [6, 6.07) is 7.49. The minimum absolute atomic E-state index is 0.163. The molecule has 32 heavy (non-hydrogen) atoms. The highest BCUT2D eigenvalue weighted by atomic mass is 19.1. The Hall–Kier alpha value is -4.73. The second-order valence-corrected chi connectivity index (χ2v) is 7.15. The molecule has 0 aliphatic rings. The second-order valence-electron chi connectivity index (χ2n) is 7.15. The molecule has 0 atom stereocenters. The van der Waals surface area contributed by atoms with Crippen LogP contribution in [-0.4, -0.2) is 45.2 Å². The minimum Gasteiger partial charge on any atom is -0.508 e. The molecule has 154 valence electrons. The summed E-state index contributed by atoms with van der Waals surface area (Å²) in [6.45, 7) is 0. The van der Waals surface area contributed by atoms with Gasteiger partial charge < -0.3 is 10.1 Å². The molecule has 1 aromatic carbocycles. The molecule has 0 bridgehead atoms. The molecule has 0 aliphatic carbocycles. The molecule has 0 spiro atoms. The molecule has 5 aromatic heterocycles. The van der Waals surface area contributed by atoms with Gasteiger partial charge in [-0.25, -0.2) is 24.3 Å². The summed E-state index contributed by atoms with van der Waals surface area (Å²) in [4.78, 5) is 24.8. The lowest BCUT2D eigenvalue weighted by molar-refractivity contribution is 0.469. The number of fused-ring (bicyclic) bond motifs is 2. The zero-order valence-electron chi connectivity index (χ0n) is 16.3. The van der Waals surface area contributed by atoms with Gasteiger partial charge in [0.05, 0.1) is 17.4 Å². The number of hydrogen-bond acceptors (Lipinski definition) is 7. The molecule has 6 rings (SSSR count). The van der Waals surface area contributed by atoms with E-state index < -0.39 is 5.82 Å². The van der Waals surface area contributed by atoms with Gasteiger partial charge >= 0.3 is 0 Å². The first-order valence-electron chi connectivity index (χ1n) is 9.60. The topological polar surface area (TPSA) is 129 Å². The van der Waals surface area contributed by atoms with Crippen LogP contribution in [-0.2, 0) is 0 Å². The summed E-state index contributed by atoms with van der Waals surface area (Å²) in [5.41, 5.74) is 4.99. The lowest BCUT2D eigenvalue weighted by atomic mass is 10.1. The van der Waals surface area contributed by atoms with Gasteiger partial charge in [0.1, 0.15) is 29.1 Å². The van der Waals surface area contributed by atoms with Crippen LogP contribution in [0.3, 0.4) is 0 Å². The van der Waals surface area contributed by atoms with Gasteiger partial charge in [0, 0.05) is 41.2 Å². The summed E-state index contributed by atoms with van der Waals surface area (Å²) in [6.07, 6.45) is 8.12. The fourth-order valence-corrected chi connectivity index (χ4v) is 3.67. The van der Waals surface area contributed by atoms with Gasteiger partial charge in [-0.2, -0.15) is 5.10 Å². The number of nitrogens with one attached hydrogen (secondary N) is 2. The Morgan fingerprint density at radius 1 is 0.938 bits per heavy atom. The predicted octanol–water partition coefficient (Wildman–Crippen LogP) is 3.86. The van der Waals surface area contributed by atoms with E-state index in [9.17, 15) is 9.50 Å². The number of rotatable bonds is 3. The number of aromatic amines is 2. The number of pyridine rings is 2. The Bertz CT molecular complexity index is 1590. The number of benzene rings is 1. The highest BCUT2D eigenvalue weighted by Crippen LogP contribution is 2.33. The van der Waals surface area contributed by atoms with Crippen molar-refractivity contribution in [1.82, 2.24) is 40.1 Å². The molecule has 0 radical (unpaired) electrons. The van der Waals surface area contributed by atoms with Crippen molar-refractivity contribution in [2.75, 3.05) is 0 Å². The van der Waals surface area contributed by atoms with Crippen LogP contribution < -0.4 is 0 Å². The zero-order chi connectivity index (χ0) is 21.7. The van der Waals surface area contributed by atoms with Crippen molar-refractivity contribution in [1.29, 1.82) is 0 Å². The smallest absolute Gasteiger partial charge is 0.160 e. The van der Waals surface area contributed by atoms with Crippen LogP contribution in [0.15, 0.2) is 61.4 Å². The number of imidazole rings is 1. The van der Waals surface area contributed by atoms with Gasteiger partial charge in [-0.05, 0) is 29.8 Å². The molecule has 0 aliphatic heterocycles. The number of aromatic hydroxyl groups is 1. The number of aromatic nitrogens is 8. The van der Waals surface area contributed by atoms with E-state index in [0.717, 1.165) is 22.5 Å². The van der Waals surface area contributed by atoms with Crippen LogP contribution >= 0.6 is 0 Å². The highest BCUT2D eigenvalue weighted by molar-refractivity contribution is 5.96. The van der Waals surface area contributed by atoms with Gasteiger partial charge in [0.15, 0.2) is 11.5 Å². The van der Waals surface area contributed by atoms with Crippen LogP contribution in [0.2, 0.25) is 0 Å². The van der Waals surface area contributed by atoms with Gasteiger partial charge in [0.25, 0.3) is 0 Å². The normalized spacial score (nSPS) is 11.4. The standard InChI is InChI=1S/C22H13FN8O/c23-13-3-11(4-14(32)5-13)15-1-2-26-21-19(15)28-22(29-21)20-16-6-17(12-7-24-10-25-8-12)27-9-18(16)30-31-20/h1-10,32H,(H,30,31)(H,26,28,29). The quantitative estimate of drug-likeness (QED) is 0.393. The Morgan fingerprint density at radius 3 is 2.66 bits per heavy atom. The summed E-state index contributed by atoms with van der Waals surface area (Å²) in [5, 5.41) is 18.0. The SMILES string of the molecule is Oc1cc(F)cc(-c2ccnc3[nH]c(-c4n[nH]c5cnc(-c6cncnc6)cc45)nc23)c1. The van der Waals surface area contributed by atoms with E-state index in [-0.39, 0.29) is 5.75 Å². The number of H-pyrrole nitrogens is 2. The number of phenols is 1. The van der Waals surface area contributed by atoms with Crippen molar-refractivity contribution >= 4 is 22.1 Å². The predicted molar refractivity (Wildman–Crippen MR) is 115 cm³/mol. The van der Waals surface area contributed by atoms with E-state index in [4.69, 9.17) is 4.98 Å². The molecule has 0 fully saturated rings. The largest absolute Gasteiger partial charge is 0.508 e. The van der Waals surface area contributed by atoms with Crippen LogP contribution in [0.1, 0.15) is 0 Å². The summed E-state index contributed by atoms with van der Waals surface area (Å²) < 4.78 is 13.9. The number of hydrogen-bond donors (Lipinski definition) is 3. The van der Waals surface area contributed by atoms with Gasteiger partial charge in [-0.15, -0.1) is 0 Å². The summed E-state index contributed by atoms with van der Waals surface area (Å²) in [7, 11) is 0. The molecule has 0 saturated carbocycles. The lowest BCUT2D eigenvalue weighted by Crippen LogP contribution is -1.87. The van der Waals surface area contributed by atoms with E-state index in [2.05, 4.69) is 35.1 Å². The van der Waals surface area contributed by atoms with Crippen molar-refractivity contribution < 1.29 is 9.50 Å². The Morgan fingerprint density at radius 2 is 1.81 bits per heavy atom. The third-order valence-corrected chi connectivity index (χ3v) is 5.11. The van der Waals surface area contributed by atoms with E-state index in [1.54, 1.807) is 30.9 Å². The van der Waals surface area contributed by atoms with Crippen LogP contribution in [0, 0.1) is 5.82 Å². The molecule has 6 aromatic rings. The maximum atomic E-state index is 13.9. The molecule has 10 heteroatoms. The number of halogens is 1. The average molecular weight is 424 g/mol. The Labute approximate surface area is 179 Å². The highest BCUT2D eigenvalue weighted by Gasteiger charge is 2.17. The Kier molecular flexibility index (Phi) is 3.90. The molecular formula is C22H13FN8O. The van der Waals surface area contributed by atoms with Gasteiger partial charge in [-0.1, -0.05) is 0 Å². The Balaban J connectivity index is 1.52. The fourth-order valence-electron chi connectivity index (χ4n) is 3.67. The molecular weight excluding hydrogens is 411 g/mol. The van der Waals surface area contributed by atoms with E-state index >= 15 is 0 Å². The molecule has 3 N–H and O–H groups in total. The summed E-state index contributed by atoms with van der Waals surface area (Å²) in [5.74, 6) is -0.207. The monoisotopic (exact) mass is 424 g/mol. The average Bonchev–Trinajstić information content (AvgIpc) is 3.42. The summed E-state index contributed by atoms with van der Waals surface area (Å²) >= 11 is 0. The second kappa shape index (κ2) is 6.91. The first kappa shape index (κ1) is 18.1. The third kappa shape index (κ3) is 2.93. The van der Waals surface area contributed by atoms with E-state index in [1.165, 1.54) is 18.5 Å². The molecule has 5 heterocycles. The van der Waals surface area contributed by atoms with Gasteiger partial charge in [-0.3, -0.25) is 10.1 Å². The van der Waals surface area contributed by atoms with E-state index in [1.807, 2.05) is 6.07 Å². The van der Waals surface area contributed by atoms with Crippen molar-refractivity contribution in [2.45, 2.75) is 0 Å². The first-order chi connectivity index (χ1) is 15.7. The van der Waals surface area contributed by atoms with Crippen molar-refractivity contribution in [3.63, 3.8) is 0 Å². The molecule has 0 saturated heterocycles. The maximum Gasteiger partial charge on any atom is 0.160 e. The third-order valence-electron chi connectivity index (χ3n) is 5.11. The van der Waals surface area contributed by atoms with E-state index in [0.29, 0.717) is 39.5 Å².